The average molecular weight is 186 g/mol. The van der Waals surface area contributed by atoms with Crippen LogP contribution in [0.3, 0.4) is 0 Å². The number of rotatable bonds is 0. The number of nitrogens with one attached hydrogen (secondary N) is 2. The second kappa shape index (κ2) is 7.65. The second-order valence-electron chi connectivity index (χ2n) is 2.83. The summed E-state index contributed by atoms with van der Waals surface area (Å²) >= 11 is 2.03. The van der Waals surface area contributed by atoms with E-state index in [1.165, 1.54) is 31.0 Å². The minimum atomic E-state index is 1.07. The summed E-state index contributed by atoms with van der Waals surface area (Å²) in [5.41, 5.74) is 0. The van der Waals surface area contributed by atoms with Gasteiger partial charge in [0, 0.05) is 31.1 Å². The largest absolute Gasteiger partial charge is 0.315 e. The van der Waals surface area contributed by atoms with Crippen LogP contribution in [-0.2, 0) is 0 Å². The lowest BCUT2D eigenvalue weighted by molar-refractivity contribution is 0.728. The van der Waals surface area contributed by atoms with Crippen molar-refractivity contribution in [1.29, 1.82) is 0 Å². The summed E-state index contributed by atoms with van der Waals surface area (Å²) in [6.07, 6.45) is 5.57. The molecule has 70 valence electrons. The molecular formula is C9H18N2S. The van der Waals surface area contributed by atoms with E-state index in [1.807, 2.05) is 11.8 Å². The molecule has 1 fully saturated rings. The molecule has 3 heteroatoms. The molecule has 0 atom stereocenters. The first-order valence-electron chi connectivity index (χ1n) is 4.64. The molecule has 0 spiro atoms. The first-order valence-corrected chi connectivity index (χ1v) is 5.80. The first kappa shape index (κ1) is 10.1. The van der Waals surface area contributed by atoms with Gasteiger partial charge < -0.3 is 10.6 Å². The van der Waals surface area contributed by atoms with Gasteiger partial charge >= 0.3 is 0 Å². The quantitative estimate of drug-likeness (QED) is 0.549. The Labute approximate surface area is 79.2 Å². The van der Waals surface area contributed by atoms with Gasteiger partial charge in [-0.25, -0.2) is 0 Å². The minimum absolute atomic E-state index is 1.07. The molecule has 2 aliphatic rings. The van der Waals surface area contributed by atoms with Crippen LogP contribution in [0.4, 0.5) is 0 Å². The molecule has 1 saturated heterocycles. The summed E-state index contributed by atoms with van der Waals surface area (Å²) in [4.78, 5) is 0. The molecule has 0 aromatic heterocycles. The van der Waals surface area contributed by atoms with E-state index >= 15 is 0 Å². The van der Waals surface area contributed by atoms with Gasteiger partial charge in [-0.2, -0.15) is 11.8 Å². The Morgan fingerprint density at radius 2 is 1.75 bits per heavy atom. The molecule has 0 aromatic rings. The molecule has 0 amide bonds. The van der Waals surface area contributed by atoms with Crippen molar-refractivity contribution in [3.63, 3.8) is 0 Å². The zero-order valence-corrected chi connectivity index (χ0v) is 8.33. The third kappa shape index (κ3) is 5.63. The van der Waals surface area contributed by atoms with Crippen LogP contribution in [0.25, 0.3) is 0 Å². The Morgan fingerprint density at radius 1 is 0.917 bits per heavy atom. The fourth-order valence-corrected chi connectivity index (χ4v) is 1.87. The van der Waals surface area contributed by atoms with Gasteiger partial charge in [0.15, 0.2) is 0 Å². The van der Waals surface area contributed by atoms with Crippen LogP contribution in [0.15, 0.2) is 12.2 Å². The van der Waals surface area contributed by atoms with Gasteiger partial charge in [0.2, 0.25) is 0 Å². The van der Waals surface area contributed by atoms with Crippen molar-refractivity contribution in [1.82, 2.24) is 10.6 Å². The van der Waals surface area contributed by atoms with Crippen molar-refractivity contribution in [2.75, 3.05) is 37.7 Å². The van der Waals surface area contributed by atoms with Crippen LogP contribution < -0.4 is 10.6 Å². The van der Waals surface area contributed by atoms with Crippen molar-refractivity contribution in [3.05, 3.63) is 12.2 Å². The molecule has 2 nitrogen and oxygen atoms in total. The Morgan fingerprint density at radius 3 is 1.92 bits per heavy atom. The molecule has 0 bridgehead atoms. The van der Waals surface area contributed by atoms with Crippen LogP contribution in [0.1, 0.15) is 6.42 Å². The third-order valence-corrected chi connectivity index (χ3v) is 2.75. The van der Waals surface area contributed by atoms with E-state index in [4.69, 9.17) is 0 Å². The number of hydrogen-bond acceptors (Lipinski definition) is 3. The lowest BCUT2D eigenvalue weighted by Gasteiger charge is -2.08. The summed E-state index contributed by atoms with van der Waals surface area (Å²) in [6, 6.07) is 0. The Bertz CT molecular complexity index is 102. The van der Waals surface area contributed by atoms with Gasteiger partial charge in [0.05, 0.1) is 0 Å². The molecule has 0 radical (unpaired) electrons. The predicted molar refractivity (Wildman–Crippen MR) is 56.8 cm³/mol. The van der Waals surface area contributed by atoms with Crippen LogP contribution in [0, 0.1) is 0 Å². The molecule has 0 saturated carbocycles. The van der Waals surface area contributed by atoms with Crippen molar-refractivity contribution in [2.45, 2.75) is 6.42 Å². The first-order chi connectivity index (χ1) is 6.00. The zero-order valence-electron chi connectivity index (χ0n) is 7.51. The monoisotopic (exact) mass is 186 g/mol. The standard InChI is InChI=1S/C5H9N.C4H9NS/c1-2-4-6-5-3-1;1-3-6-4-2-5-1/h1-2,6H,3-5H2;5H,1-4H2. The maximum absolute atomic E-state index is 3.26. The van der Waals surface area contributed by atoms with Gasteiger partial charge in [-0.15, -0.1) is 0 Å². The molecular weight excluding hydrogens is 168 g/mol. The van der Waals surface area contributed by atoms with Gasteiger partial charge in [0.25, 0.3) is 0 Å². The summed E-state index contributed by atoms with van der Waals surface area (Å²) in [6.45, 7) is 4.66. The van der Waals surface area contributed by atoms with E-state index in [0.29, 0.717) is 0 Å². The van der Waals surface area contributed by atoms with Crippen molar-refractivity contribution in [3.8, 4) is 0 Å². The molecule has 2 N–H and O–H groups in total. The highest BCUT2D eigenvalue weighted by molar-refractivity contribution is 7.99. The van der Waals surface area contributed by atoms with Crippen molar-refractivity contribution in [2.24, 2.45) is 0 Å². The van der Waals surface area contributed by atoms with E-state index in [-0.39, 0.29) is 0 Å². The molecule has 2 heterocycles. The zero-order chi connectivity index (χ0) is 8.49. The molecule has 0 aliphatic carbocycles. The maximum Gasteiger partial charge on any atom is 0.0135 e. The van der Waals surface area contributed by atoms with Crippen LogP contribution >= 0.6 is 11.8 Å². The van der Waals surface area contributed by atoms with E-state index in [9.17, 15) is 0 Å². The van der Waals surface area contributed by atoms with Gasteiger partial charge in [-0.1, -0.05) is 12.2 Å². The predicted octanol–water partition coefficient (Wildman–Crippen LogP) is 0.859. The maximum atomic E-state index is 3.26. The summed E-state index contributed by atoms with van der Waals surface area (Å²) < 4.78 is 0. The topological polar surface area (TPSA) is 24.1 Å². The van der Waals surface area contributed by atoms with E-state index in [1.54, 1.807) is 0 Å². The molecule has 0 unspecified atom stereocenters. The minimum Gasteiger partial charge on any atom is -0.315 e. The summed E-state index contributed by atoms with van der Waals surface area (Å²) in [7, 11) is 0. The Hall–Kier alpha value is 0.01000. The highest BCUT2D eigenvalue weighted by Gasteiger charge is 1.93. The third-order valence-electron chi connectivity index (χ3n) is 1.76. The van der Waals surface area contributed by atoms with Crippen molar-refractivity contribution >= 4 is 11.8 Å². The SMILES string of the molecule is C1=CCNCC1.C1CSCCN1. The summed E-state index contributed by atoms with van der Waals surface area (Å²) in [5.74, 6) is 2.61. The van der Waals surface area contributed by atoms with E-state index in [0.717, 1.165) is 13.1 Å². The normalized spacial score (nSPS) is 22.7. The van der Waals surface area contributed by atoms with Crippen LogP contribution in [-0.4, -0.2) is 37.7 Å². The summed E-state index contributed by atoms with van der Waals surface area (Å²) in [5, 5.41) is 6.46. The lowest BCUT2D eigenvalue weighted by Crippen LogP contribution is -2.24. The molecule has 2 rings (SSSR count). The number of hydrogen-bond donors (Lipinski definition) is 2. The lowest BCUT2D eigenvalue weighted by atomic mass is 10.3. The highest BCUT2D eigenvalue weighted by atomic mass is 32.2. The van der Waals surface area contributed by atoms with Gasteiger partial charge in [-0.3, -0.25) is 0 Å². The van der Waals surface area contributed by atoms with Crippen LogP contribution in [0.5, 0.6) is 0 Å². The van der Waals surface area contributed by atoms with Crippen LogP contribution in [0.2, 0.25) is 0 Å². The molecule has 12 heavy (non-hydrogen) atoms. The van der Waals surface area contributed by atoms with E-state index < -0.39 is 0 Å². The van der Waals surface area contributed by atoms with Gasteiger partial charge in [0.1, 0.15) is 0 Å². The Balaban J connectivity index is 0.000000120. The number of thioether (sulfide) groups is 1. The second-order valence-corrected chi connectivity index (χ2v) is 4.05. The highest BCUT2D eigenvalue weighted by Crippen LogP contribution is 1.99. The van der Waals surface area contributed by atoms with Crippen molar-refractivity contribution < 1.29 is 0 Å². The fraction of sp³-hybridized carbons (Fsp3) is 0.778. The fourth-order valence-electron chi connectivity index (χ4n) is 1.09. The molecule has 2 aliphatic heterocycles. The smallest absolute Gasteiger partial charge is 0.0135 e. The van der Waals surface area contributed by atoms with E-state index in [2.05, 4.69) is 22.8 Å². The average Bonchev–Trinajstić information content (AvgIpc) is 2.24. The van der Waals surface area contributed by atoms with Gasteiger partial charge in [-0.05, 0) is 13.0 Å². The molecule has 0 aromatic carbocycles. The Kier molecular flexibility index (Phi) is 6.43.